The van der Waals surface area contributed by atoms with E-state index in [9.17, 15) is 0 Å². The summed E-state index contributed by atoms with van der Waals surface area (Å²) in [6.45, 7) is 9.80. The molecule has 0 aliphatic carbocycles. The fourth-order valence-corrected chi connectivity index (χ4v) is 4.91. The number of imidazole rings is 1. The van der Waals surface area contributed by atoms with Crippen LogP contribution in [0, 0.1) is 0 Å². The van der Waals surface area contributed by atoms with Crippen LogP contribution >= 0.6 is 0 Å². The van der Waals surface area contributed by atoms with E-state index in [-0.39, 0.29) is 0 Å². The lowest BCUT2D eigenvalue weighted by Gasteiger charge is -2.32. The highest BCUT2D eigenvalue weighted by Gasteiger charge is 2.26. The third-order valence-electron chi connectivity index (χ3n) is 6.64. The maximum atomic E-state index is 5.21. The molecule has 0 amide bonds. The number of anilines is 1. The molecule has 6 nitrogen and oxygen atoms in total. The van der Waals surface area contributed by atoms with E-state index in [1.165, 1.54) is 24.1 Å². The topological polar surface area (TPSA) is 50.1 Å². The number of likely N-dealkylation sites (tertiary alicyclic amines) is 1. The lowest BCUT2D eigenvalue weighted by Crippen LogP contribution is -2.33. The molecule has 0 unspecified atom stereocenters. The first-order chi connectivity index (χ1) is 14.7. The number of hydrogen-bond acceptors (Lipinski definition) is 5. The van der Waals surface area contributed by atoms with E-state index in [1.807, 2.05) is 18.6 Å². The van der Waals surface area contributed by atoms with Crippen molar-refractivity contribution in [3.8, 4) is 0 Å². The van der Waals surface area contributed by atoms with Gasteiger partial charge in [-0.2, -0.15) is 0 Å². The summed E-state index contributed by atoms with van der Waals surface area (Å²) in [6.07, 6.45) is 8.70. The van der Waals surface area contributed by atoms with E-state index in [0.29, 0.717) is 12.0 Å². The van der Waals surface area contributed by atoms with Gasteiger partial charge in [-0.3, -0.25) is 9.88 Å². The second-order valence-corrected chi connectivity index (χ2v) is 9.05. The Labute approximate surface area is 179 Å². The highest BCUT2D eigenvalue weighted by atomic mass is 15.2. The first kappa shape index (κ1) is 19.5. The van der Waals surface area contributed by atoms with Crippen LogP contribution in [-0.4, -0.2) is 50.6 Å². The van der Waals surface area contributed by atoms with Crippen molar-refractivity contribution in [2.24, 2.45) is 0 Å². The molecule has 0 N–H and O–H groups in total. The average Bonchev–Trinajstić information content (AvgIpc) is 3.44. The minimum absolute atomic E-state index is 0.400. The monoisotopic (exact) mass is 404 g/mol. The molecule has 2 saturated heterocycles. The molecule has 0 spiro atoms. The molecular weight excluding hydrogens is 372 g/mol. The molecule has 6 heteroatoms. The number of fused-ring (bicyclic) bond motifs is 1. The van der Waals surface area contributed by atoms with Crippen LogP contribution in [0.4, 0.5) is 5.82 Å². The summed E-state index contributed by atoms with van der Waals surface area (Å²) in [7, 11) is 0. The molecule has 3 aromatic rings. The van der Waals surface area contributed by atoms with Crippen molar-refractivity contribution < 1.29 is 0 Å². The van der Waals surface area contributed by atoms with Crippen molar-refractivity contribution >= 4 is 16.9 Å². The van der Waals surface area contributed by atoms with Crippen LogP contribution in [0.25, 0.3) is 11.0 Å². The van der Waals surface area contributed by atoms with E-state index >= 15 is 0 Å². The Balaban J connectivity index is 1.39. The van der Waals surface area contributed by atoms with Gasteiger partial charge in [0.1, 0.15) is 5.52 Å². The smallest absolute Gasteiger partial charge is 0.157 e. The van der Waals surface area contributed by atoms with Crippen LogP contribution in [-0.2, 0) is 6.54 Å². The first-order valence-corrected chi connectivity index (χ1v) is 11.4. The van der Waals surface area contributed by atoms with Crippen LogP contribution in [0.5, 0.6) is 0 Å². The Morgan fingerprint density at radius 1 is 1.03 bits per heavy atom. The average molecular weight is 405 g/mol. The van der Waals surface area contributed by atoms with E-state index < -0.39 is 0 Å². The summed E-state index contributed by atoms with van der Waals surface area (Å²) in [5, 5.41) is 0. The highest BCUT2D eigenvalue weighted by molar-refractivity contribution is 5.87. The molecule has 3 aromatic heterocycles. The predicted octanol–water partition coefficient (Wildman–Crippen LogP) is 4.39. The number of rotatable bonds is 5. The zero-order valence-corrected chi connectivity index (χ0v) is 18.2. The van der Waals surface area contributed by atoms with Gasteiger partial charge in [-0.1, -0.05) is 6.07 Å². The van der Waals surface area contributed by atoms with Gasteiger partial charge in [-0.05, 0) is 70.8 Å². The third-order valence-corrected chi connectivity index (χ3v) is 6.64. The molecule has 2 aliphatic rings. The maximum absolute atomic E-state index is 5.21. The summed E-state index contributed by atoms with van der Waals surface area (Å²) >= 11 is 0. The number of piperidine rings is 1. The molecule has 30 heavy (non-hydrogen) atoms. The molecule has 0 bridgehead atoms. The van der Waals surface area contributed by atoms with Gasteiger partial charge >= 0.3 is 0 Å². The van der Waals surface area contributed by atoms with Crippen LogP contribution in [0.3, 0.4) is 0 Å². The summed E-state index contributed by atoms with van der Waals surface area (Å²) in [5.41, 5.74) is 4.73. The second-order valence-electron chi connectivity index (χ2n) is 9.05. The molecule has 0 saturated carbocycles. The Kier molecular flexibility index (Phi) is 5.42. The lowest BCUT2D eigenvalue weighted by atomic mass is 9.92. The number of hydrogen-bond donors (Lipinski definition) is 0. The summed E-state index contributed by atoms with van der Waals surface area (Å²) in [5.74, 6) is 1.63. The number of aromatic nitrogens is 4. The molecule has 0 aromatic carbocycles. The highest BCUT2D eigenvalue weighted by Crippen LogP contribution is 2.34. The Hall–Kier alpha value is -2.47. The molecule has 2 fully saturated rings. The molecule has 5 heterocycles. The largest absolute Gasteiger partial charge is 0.355 e. The molecule has 0 radical (unpaired) electrons. The molecular formula is C24H32N6. The van der Waals surface area contributed by atoms with Crippen molar-refractivity contribution in [2.45, 2.75) is 58.0 Å². The van der Waals surface area contributed by atoms with Crippen LogP contribution in [0.1, 0.15) is 62.9 Å². The minimum atomic E-state index is 0.400. The number of pyridine rings is 2. The van der Waals surface area contributed by atoms with E-state index in [1.54, 1.807) is 0 Å². The minimum Gasteiger partial charge on any atom is -0.355 e. The van der Waals surface area contributed by atoms with Gasteiger partial charge in [0.25, 0.3) is 0 Å². The van der Waals surface area contributed by atoms with Gasteiger partial charge in [-0.25, -0.2) is 9.97 Å². The van der Waals surface area contributed by atoms with Crippen molar-refractivity contribution in [1.29, 1.82) is 0 Å². The lowest BCUT2D eigenvalue weighted by molar-refractivity contribution is 0.201. The van der Waals surface area contributed by atoms with Gasteiger partial charge in [-0.15, -0.1) is 0 Å². The second kappa shape index (κ2) is 8.34. The van der Waals surface area contributed by atoms with Gasteiger partial charge < -0.3 is 9.47 Å². The van der Waals surface area contributed by atoms with Gasteiger partial charge in [0, 0.05) is 43.5 Å². The van der Waals surface area contributed by atoms with Crippen LogP contribution in [0.15, 0.2) is 36.8 Å². The van der Waals surface area contributed by atoms with Crippen molar-refractivity contribution in [2.75, 3.05) is 31.1 Å². The van der Waals surface area contributed by atoms with Crippen molar-refractivity contribution in [1.82, 2.24) is 24.4 Å². The first-order valence-electron chi connectivity index (χ1n) is 11.4. The summed E-state index contributed by atoms with van der Waals surface area (Å²) < 4.78 is 2.30. The van der Waals surface area contributed by atoms with Crippen LogP contribution < -0.4 is 4.90 Å². The molecule has 2 aliphatic heterocycles. The quantitative estimate of drug-likeness (QED) is 0.631. The van der Waals surface area contributed by atoms with Crippen LogP contribution in [0.2, 0.25) is 0 Å². The van der Waals surface area contributed by atoms with Crippen molar-refractivity contribution in [3.05, 3.63) is 48.2 Å². The van der Waals surface area contributed by atoms with Crippen molar-refractivity contribution in [3.63, 3.8) is 0 Å². The van der Waals surface area contributed by atoms with E-state index in [0.717, 1.165) is 62.6 Å². The summed E-state index contributed by atoms with van der Waals surface area (Å²) in [6, 6.07) is 8.90. The normalized spacial score (nSPS) is 18.7. The molecule has 158 valence electrons. The van der Waals surface area contributed by atoms with E-state index in [2.05, 4.69) is 51.4 Å². The standard InChI is InChI=1S/C24H32N6/c1-18(2)30-17-26-23-22(30)15-21(27-24(23)29-11-5-6-12-29)19-8-13-28(14-9-19)16-20-7-3-4-10-25-20/h3-4,7,10,15,17-19H,5-6,8-9,11-14,16H2,1-2H3. The maximum Gasteiger partial charge on any atom is 0.157 e. The Morgan fingerprint density at radius 3 is 2.53 bits per heavy atom. The molecule has 5 rings (SSSR count). The summed E-state index contributed by atoms with van der Waals surface area (Å²) in [4.78, 5) is 19.4. The fourth-order valence-electron chi connectivity index (χ4n) is 4.91. The zero-order chi connectivity index (χ0) is 20.5. The SMILES string of the molecule is CC(C)n1cnc2c(N3CCCC3)nc(C3CCN(Cc4ccccn4)CC3)cc21. The predicted molar refractivity (Wildman–Crippen MR) is 121 cm³/mol. The van der Waals surface area contributed by atoms with Gasteiger partial charge in [0.05, 0.1) is 17.5 Å². The zero-order valence-electron chi connectivity index (χ0n) is 18.2. The van der Waals surface area contributed by atoms with E-state index in [4.69, 9.17) is 9.97 Å². The Bertz CT molecular complexity index is 982. The number of nitrogens with zero attached hydrogens (tertiary/aromatic N) is 6. The molecule has 0 atom stereocenters. The fraction of sp³-hybridized carbons (Fsp3) is 0.542. The third kappa shape index (κ3) is 3.81. The van der Waals surface area contributed by atoms with Gasteiger partial charge in [0.2, 0.25) is 0 Å². The van der Waals surface area contributed by atoms with Gasteiger partial charge in [0.15, 0.2) is 5.82 Å². The Morgan fingerprint density at radius 2 is 1.83 bits per heavy atom.